The Morgan fingerprint density at radius 2 is 2.19 bits per heavy atom. The summed E-state index contributed by atoms with van der Waals surface area (Å²) >= 11 is 0. The first-order valence-electron chi connectivity index (χ1n) is 9.37. The molecule has 2 aromatic heterocycles. The molecule has 1 aliphatic heterocycles. The van der Waals surface area contributed by atoms with Crippen molar-refractivity contribution >= 4 is 11.4 Å². The van der Waals surface area contributed by atoms with E-state index in [1.807, 2.05) is 17.1 Å². The van der Waals surface area contributed by atoms with Gasteiger partial charge in [-0.05, 0) is 30.4 Å². The van der Waals surface area contributed by atoms with Gasteiger partial charge in [-0.15, -0.1) is 0 Å². The molecule has 0 aromatic carbocycles. The highest BCUT2D eigenvalue weighted by Crippen LogP contribution is 2.46. The van der Waals surface area contributed by atoms with Crippen molar-refractivity contribution in [3.63, 3.8) is 0 Å². The Hall–Kier alpha value is -2.87. The Morgan fingerprint density at radius 3 is 3.00 bits per heavy atom. The Morgan fingerprint density at radius 1 is 1.35 bits per heavy atom. The van der Waals surface area contributed by atoms with E-state index < -0.39 is 0 Å². The molecule has 5 heteroatoms. The van der Waals surface area contributed by atoms with E-state index in [-0.39, 0.29) is 6.04 Å². The van der Waals surface area contributed by atoms with Crippen LogP contribution in [0.3, 0.4) is 0 Å². The topological polar surface area (TPSA) is 66.5 Å². The smallest absolute Gasteiger partial charge is 0.136 e. The summed E-state index contributed by atoms with van der Waals surface area (Å²) in [5, 5.41) is 17.7. The average molecular weight is 343 g/mol. The van der Waals surface area contributed by atoms with E-state index >= 15 is 0 Å². The molecule has 130 valence electrons. The molecule has 3 aliphatic rings. The third-order valence-electron chi connectivity index (χ3n) is 6.04. The molecule has 1 saturated carbocycles. The Balaban J connectivity index is 1.67. The van der Waals surface area contributed by atoms with Crippen LogP contribution in [-0.4, -0.2) is 14.8 Å². The van der Waals surface area contributed by atoms with E-state index in [0.717, 1.165) is 40.3 Å². The van der Waals surface area contributed by atoms with Gasteiger partial charge in [-0.3, -0.25) is 4.98 Å². The summed E-state index contributed by atoms with van der Waals surface area (Å²) in [6.45, 7) is 4.27. The van der Waals surface area contributed by atoms with Crippen molar-refractivity contribution in [1.29, 1.82) is 5.26 Å². The van der Waals surface area contributed by atoms with Crippen LogP contribution in [0.15, 0.2) is 36.8 Å². The molecule has 1 N–H and O–H groups in total. The second kappa shape index (κ2) is 5.84. The third kappa shape index (κ3) is 2.15. The molecule has 5 nitrogen and oxygen atoms in total. The summed E-state index contributed by atoms with van der Waals surface area (Å²) in [6.07, 6.45) is 12.2. The molecule has 1 unspecified atom stereocenters. The lowest BCUT2D eigenvalue weighted by atomic mass is 9.95. The van der Waals surface area contributed by atoms with Gasteiger partial charge in [0.15, 0.2) is 0 Å². The number of rotatable bonds is 3. The minimum Gasteiger partial charge on any atom is -0.340 e. The molecule has 1 atom stereocenters. The lowest BCUT2D eigenvalue weighted by molar-refractivity contribution is 0.318. The highest BCUT2D eigenvalue weighted by molar-refractivity contribution is 5.98. The first-order chi connectivity index (χ1) is 12.8. The van der Waals surface area contributed by atoms with Gasteiger partial charge in [0.25, 0.3) is 0 Å². The van der Waals surface area contributed by atoms with Gasteiger partial charge < -0.3 is 5.32 Å². The van der Waals surface area contributed by atoms with Gasteiger partial charge in [-0.2, -0.15) is 10.4 Å². The zero-order chi connectivity index (χ0) is 17.7. The Kier molecular flexibility index (Phi) is 3.46. The van der Waals surface area contributed by atoms with Crippen molar-refractivity contribution in [2.45, 2.75) is 44.6 Å². The molecule has 0 saturated heterocycles. The summed E-state index contributed by atoms with van der Waals surface area (Å²) in [4.78, 5) is 4.54. The molecule has 2 aliphatic carbocycles. The highest BCUT2D eigenvalue weighted by Gasteiger charge is 2.33. The van der Waals surface area contributed by atoms with Crippen LogP contribution in [0.2, 0.25) is 0 Å². The van der Waals surface area contributed by atoms with Crippen LogP contribution >= 0.6 is 0 Å². The molecule has 1 fully saturated rings. The van der Waals surface area contributed by atoms with Gasteiger partial charge in [-0.1, -0.05) is 25.5 Å². The van der Waals surface area contributed by atoms with Crippen molar-refractivity contribution in [2.24, 2.45) is 5.92 Å². The van der Waals surface area contributed by atoms with E-state index in [1.54, 1.807) is 0 Å². The second-order valence-corrected chi connectivity index (χ2v) is 7.43. The highest BCUT2D eigenvalue weighted by atomic mass is 15.3. The van der Waals surface area contributed by atoms with Crippen LogP contribution in [-0.2, 0) is 6.42 Å². The molecule has 2 aromatic rings. The van der Waals surface area contributed by atoms with Crippen LogP contribution in [0.4, 0.5) is 5.82 Å². The summed E-state index contributed by atoms with van der Waals surface area (Å²) in [5.41, 5.74) is 6.56. The SMILES string of the molecule is C=C1Nc2c(cnn2C(CC#N)C2CCCC2)-c2ccnc3c2C1=CC3. The maximum atomic E-state index is 9.41. The fourth-order valence-corrected chi connectivity index (χ4v) is 4.79. The number of nitrogens with one attached hydrogen (secondary N) is 1. The number of nitrogens with zero attached hydrogens (tertiary/aromatic N) is 4. The largest absolute Gasteiger partial charge is 0.340 e. The Labute approximate surface area is 153 Å². The lowest BCUT2D eigenvalue weighted by Gasteiger charge is -2.24. The number of aromatic nitrogens is 3. The average Bonchev–Trinajstić information content (AvgIpc) is 3.37. The first-order valence-corrected chi connectivity index (χ1v) is 9.37. The second-order valence-electron chi connectivity index (χ2n) is 7.43. The zero-order valence-electron chi connectivity index (χ0n) is 14.7. The number of anilines is 1. The normalized spacial score (nSPS) is 19.2. The fraction of sp³-hybridized carbons (Fsp3) is 0.381. The number of nitriles is 1. The lowest BCUT2D eigenvalue weighted by Crippen LogP contribution is -2.20. The van der Waals surface area contributed by atoms with E-state index in [1.165, 1.54) is 31.2 Å². The van der Waals surface area contributed by atoms with Crippen LogP contribution < -0.4 is 5.32 Å². The molecule has 0 bridgehead atoms. The van der Waals surface area contributed by atoms with Crippen molar-refractivity contribution in [3.05, 3.63) is 48.1 Å². The molecule has 3 heterocycles. The van der Waals surface area contributed by atoms with Crippen molar-refractivity contribution < 1.29 is 0 Å². The summed E-state index contributed by atoms with van der Waals surface area (Å²) < 4.78 is 2.05. The van der Waals surface area contributed by atoms with Gasteiger partial charge in [0.1, 0.15) is 5.82 Å². The van der Waals surface area contributed by atoms with Crippen molar-refractivity contribution in [2.75, 3.05) is 5.32 Å². The summed E-state index contributed by atoms with van der Waals surface area (Å²) in [7, 11) is 0. The molecule has 5 rings (SSSR count). The third-order valence-corrected chi connectivity index (χ3v) is 6.04. The van der Waals surface area contributed by atoms with Crippen molar-refractivity contribution in [3.8, 4) is 17.2 Å². The minimum atomic E-state index is 0.116. The van der Waals surface area contributed by atoms with Gasteiger partial charge >= 0.3 is 0 Å². The van der Waals surface area contributed by atoms with E-state index in [2.05, 4.69) is 35.1 Å². The molecule has 26 heavy (non-hydrogen) atoms. The quantitative estimate of drug-likeness (QED) is 0.893. The van der Waals surface area contributed by atoms with Gasteiger partial charge in [0, 0.05) is 35.0 Å². The van der Waals surface area contributed by atoms with E-state index in [9.17, 15) is 5.26 Å². The van der Waals surface area contributed by atoms with Crippen LogP contribution in [0.5, 0.6) is 0 Å². The molecule has 0 amide bonds. The number of fused-ring (bicyclic) bond motifs is 2. The van der Waals surface area contributed by atoms with Crippen molar-refractivity contribution in [1.82, 2.24) is 14.8 Å². The molecule has 0 radical (unpaired) electrons. The van der Waals surface area contributed by atoms with Crippen LogP contribution in [0.1, 0.15) is 49.4 Å². The predicted octanol–water partition coefficient (Wildman–Crippen LogP) is 4.47. The number of allylic oxidation sites excluding steroid dienone is 2. The minimum absolute atomic E-state index is 0.116. The molecular weight excluding hydrogens is 322 g/mol. The maximum absolute atomic E-state index is 9.41. The number of pyridine rings is 1. The molecule has 0 spiro atoms. The maximum Gasteiger partial charge on any atom is 0.136 e. The summed E-state index contributed by atoms with van der Waals surface area (Å²) in [5.74, 6) is 1.48. The monoisotopic (exact) mass is 343 g/mol. The predicted molar refractivity (Wildman–Crippen MR) is 101 cm³/mol. The summed E-state index contributed by atoms with van der Waals surface area (Å²) in [6, 6.07) is 4.57. The van der Waals surface area contributed by atoms with Gasteiger partial charge in [0.2, 0.25) is 0 Å². The Bertz CT molecular complexity index is 969. The van der Waals surface area contributed by atoms with Gasteiger partial charge in [0.05, 0.1) is 30.4 Å². The van der Waals surface area contributed by atoms with E-state index in [0.29, 0.717) is 12.3 Å². The van der Waals surface area contributed by atoms with E-state index in [4.69, 9.17) is 5.10 Å². The number of hydrogen-bond donors (Lipinski definition) is 1. The van der Waals surface area contributed by atoms with Crippen LogP contribution in [0, 0.1) is 17.2 Å². The van der Waals surface area contributed by atoms with Gasteiger partial charge in [-0.25, -0.2) is 4.68 Å². The number of hydrogen-bond acceptors (Lipinski definition) is 4. The first kappa shape index (κ1) is 15.4. The molecular formula is C21H21N5. The van der Waals surface area contributed by atoms with Crippen LogP contribution in [0.25, 0.3) is 16.7 Å². The fourth-order valence-electron chi connectivity index (χ4n) is 4.79. The standard InChI is InChI=1S/C21H21N5/c1-13-15-6-7-18-20(15)16(9-11-23-18)17-12-24-26(21(17)25-13)19(8-10-22)14-4-2-3-5-14/h6,9,11-12,14,19,25H,1-5,7-8H2. The zero-order valence-corrected chi connectivity index (χ0v) is 14.7.